The van der Waals surface area contributed by atoms with E-state index >= 15 is 0 Å². The van der Waals surface area contributed by atoms with Crippen LogP contribution in [0.15, 0.2) is 0 Å². The molecule has 0 saturated heterocycles. The number of ether oxygens (including phenoxy) is 1. The van der Waals surface area contributed by atoms with E-state index in [1.54, 1.807) is 14.0 Å². The highest BCUT2D eigenvalue weighted by Gasteiger charge is 2.05. The summed E-state index contributed by atoms with van der Waals surface area (Å²) >= 11 is 0. The average Bonchev–Trinajstić information content (AvgIpc) is 2.16. The number of rotatable bonds is 9. The zero-order valence-corrected chi connectivity index (χ0v) is 9.90. The third-order valence-electron chi connectivity index (χ3n) is 1.95. The third-order valence-corrected chi connectivity index (χ3v) is 3.74. The normalized spacial score (nSPS) is 11.9. The van der Waals surface area contributed by atoms with Crippen molar-refractivity contribution in [1.29, 1.82) is 0 Å². The minimum absolute atomic E-state index is 0.247. The lowest BCUT2D eigenvalue weighted by molar-refractivity contribution is 0.194. The topological polar surface area (TPSA) is 55.4 Å². The van der Waals surface area contributed by atoms with Gasteiger partial charge in [0, 0.05) is 19.5 Å². The quantitative estimate of drug-likeness (QED) is 0.576. The molecule has 86 valence electrons. The Labute approximate surface area is 86.9 Å². The molecule has 0 bridgehead atoms. The van der Waals surface area contributed by atoms with E-state index in [-0.39, 0.29) is 5.75 Å². The van der Waals surface area contributed by atoms with Crippen LogP contribution in [0.3, 0.4) is 0 Å². The average molecular weight is 223 g/mol. The van der Waals surface area contributed by atoms with Crippen molar-refractivity contribution in [1.82, 2.24) is 5.32 Å². The molecule has 0 amide bonds. The second kappa shape index (κ2) is 8.20. The number of methoxy groups -OCH3 is 1. The Hall–Kier alpha value is -0.130. The van der Waals surface area contributed by atoms with Gasteiger partial charge < -0.3 is 10.1 Å². The first kappa shape index (κ1) is 13.9. The zero-order valence-electron chi connectivity index (χ0n) is 9.08. The van der Waals surface area contributed by atoms with E-state index < -0.39 is 9.84 Å². The summed E-state index contributed by atoms with van der Waals surface area (Å²) in [6.07, 6.45) is 1.67. The predicted molar refractivity (Wildman–Crippen MR) is 58.3 cm³/mol. The van der Waals surface area contributed by atoms with Crippen LogP contribution in [0.2, 0.25) is 0 Å². The van der Waals surface area contributed by atoms with Crippen molar-refractivity contribution < 1.29 is 13.2 Å². The van der Waals surface area contributed by atoms with Crippen LogP contribution < -0.4 is 5.32 Å². The Morgan fingerprint density at radius 2 is 1.86 bits per heavy atom. The summed E-state index contributed by atoms with van der Waals surface area (Å²) in [5, 5.41) is 3.17. The molecule has 0 aliphatic rings. The Bertz CT molecular complexity index is 214. The van der Waals surface area contributed by atoms with Gasteiger partial charge in [-0.05, 0) is 25.9 Å². The van der Waals surface area contributed by atoms with Gasteiger partial charge in [0.05, 0.1) is 5.75 Å². The van der Waals surface area contributed by atoms with E-state index in [0.29, 0.717) is 12.2 Å². The molecule has 1 N–H and O–H groups in total. The minimum Gasteiger partial charge on any atom is -0.385 e. The Kier molecular flexibility index (Phi) is 8.12. The van der Waals surface area contributed by atoms with Crippen molar-refractivity contribution in [2.75, 3.05) is 38.3 Å². The van der Waals surface area contributed by atoms with Crippen LogP contribution in [0.1, 0.15) is 19.8 Å². The number of nitrogens with one attached hydrogen (secondary N) is 1. The van der Waals surface area contributed by atoms with Crippen molar-refractivity contribution in [3.05, 3.63) is 0 Å². The molecule has 0 aromatic rings. The summed E-state index contributed by atoms with van der Waals surface area (Å²) in [6.45, 7) is 4.09. The van der Waals surface area contributed by atoms with Crippen molar-refractivity contribution >= 4 is 9.84 Å². The SMILES string of the molecule is CCS(=O)(=O)CCCNCCCOC. The summed E-state index contributed by atoms with van der Waals surface area (Å²) in [6, 6.07) is 0. The maximum Gasteiger partial charge on any atom is 0.150 e. The molecule has 0 aliphatic carbocycles. The van der Waals surface area contributed by atoms with E-state index in [2.05, 4.69) is 5.32 Å². The lowest BCUT2D eigenvalue weighted by Crippen LogP contribution is -2.21. The van der Waals surface area contributed by atoms with Gasteiger partial charge in [0.25, 0.3) is 0 Å². The highest BCUT2D eigenvalue weighted by atomic mass is 32.2. The summed E-state index contributed by atoms with van der Waals surface area (Å²) in [4.78, 5) is 0. The molecular weight excluding hydrogens is 202 g/mol. The molecule has 0 aromatic carbocycles. The highest BCUT2D eigenvalue weighted by Crippen LogP contribution is 1.92. The van der Waals surface area contributed by atoms with Gasteiger partial charge in [0.1, 0.15) is 9.84 Å². The second-order valence-corrected chi connectivity index (χ2v) is 5.66. The highest BCUT2D eigenvalue weighted by molar-refractivity contribution is 7.91. The molecule has 0 saturated carbocycles. The van der Waals surface area contributed by atoms with Gasteiger partial charge in [-0.3, -0.25) is 0 Å². The molecule has 0 spiro atoms. The largest absolute Gasteiger partial charge is 0.385 e. The van der Waals surface area contributed by atoms with Crippen LogP contribution in [0, 0.1) is 0 Å². The van der Waals surface area contributed by atoms with Crippen LogP contribution in [-0.2, 0) is 14.6 Å². The molecule has 14 heavy (non-hydrogen) atoms. The third kappa shape index (κ3) is 8.47. The Morgan fingerprint density at radius 3 is 2.43 bits per heavy atom. The van der Waals surface area contributed by atoms with Gasteiger partial charge >= 0.3 is 0 Å². The molecule has 0 heterocycles. The first-order chi connectivity index (χ1) is 6.62. The summed E-state index contributed by atoms with van der Waals surface area (Å²) in [7, 11) is -1.11. The first-order valence-electron chi connectivity index (χ1n) is 5.02. The van der Waals surface area contributed by atoms with Crippen molar-refractivity contribution in [3.8, 4) is 0 Å². The molecule has 0 aliphatic heterocycles. The Balaban J connectivity index is 3.22. The summed E-state index contributed by atoms with van der Waals surface area (Å²) in [5.41, 5.74) is 0. The smallest absolute Gasteiger partial charge is 0.150 e. The van der Waals surface area contributed by atoms with Gasteiger partial charge in [-0.1, -0.05) is 6.92 Å². The van der Waals surface area contributed by atoms with Crippen molar-refractivity contribution in [2.45, 2.75) is 19.8 Å². The number of hydrogen-bond acceptors (Lipinski definition) is 4. The molecule has 0 radical (unpaired) electrons. The van der Waals surface area contributed by atoms with Gasteiger partial charge in [-0.15, -0.1) is 0 Å². The maximum atomic E-state index is 11.1. The maximum absolute atomic E-state index is 11.1. The fraction of sp³-hybridized carbons (Fsp3) is 1.00. The van der Waals surface area contributed by atoms with Crippen molar-refractivity contribution in [3.63, 3.8) is 0 Å². The first-order valence-corrected chi connectivity index (χ1v) is 6.84. The number of hydrogen-bond donors (Lipinski definition) is 1. The molecular formula is C9H21NO3S. The lowest BCUT2D eigenvalue weighted by atomic mass is 10.4. The lowest BCUT2D eigenvalue weighted by Gasteiger charge is -2.04. The van der Waals surface area contributed by atoms with E-state index in [0.717, 1.165) is 26.1 Å². The molecule has 0 rings (SSSR count). The molecule has 0 fully saturated rings. The predicted octanol–water partition coefficient (Wildman–Crippen LogP) is 0.437. The zero-order chi connectivity index (χ0) is 10.9. The standard InChI is InChI=1S/C9H21NO3S/c1-3-14(11,12)9-5-7-10-6-4-8-13-2/h10H,3-9H2,1-2H3. The van der Waals surface area contributed by atoms with Gasteiger partial charge in [-0.2, -0.15) is 0 Å². The molecule has 0 atom stereocenters. The monoisotopic (exact) mass is 223 g/mol. The fourth-order valence-corrected chi connectivity index (χ4v) is 1.90. The van der Waals surface area contributed by atoms with Gasteiger partial charge in [0.2, 0.25) is 0 Å². The van der Waals surface area contributed by atoms with Gasteiger partial charge in [0.15, 0.2) is 0 Å². The second-order valence-electron chi connectivity index (χ2n) is 3.19. The molecule has 0 aromatic heterocycles. The van der Waals surface area contributed by atoms with E-state index in [1.165, 1.54) is 0 Å². The number of sulfone groups is 1. The molecule has 5 heteroatoms. The van der Waals surface area contributed by atoms with E-state index in [1.807, 2.05) is 0 Å². The van der Waals surface area contributed by atoms with Gasteiger partial charge in [-0.25, -0.2) is 8.42 Å². The molecule has 0 unspecified atom stereocenters. The van der Waals surface area contributed by atoms with Crippen LogP contribution in [0.4, 0.5) is 0 Å². The fourth-order valence-electron chi connectivity index (χ4n) is 1.03. The van der Waals surface area contributed by atoms with E-state index in [9.17, 15) is 8.42 Å². The van der Waals surface area contributed by atoms with Crippen LogP contribution in [0.25, 0.3) is 0 Å². The molecule has 4 nitrogen and oxygen atoms in total. The van der Waals surface area contributed by atoms with E-state index in [4.69, 9.17) is 4.74 Å². The minimum atomic E-state index is -2.78. The van der Waals surface area contributed by atoms with Crippen LogP contribution in [-0.4, -0.2) is 46.7 Å². The van der Waals surface area contributed by atoms with Crippen LogP contribution >= 0.6 is 0 Å². The van der Waals surface area contributed by atoms with Crippen molar-refractivity contribution in [2.24, 2.45) is 0 Å². The summed E-state index contributed by atoms with van der Waals surface area (Å²) < 4.78 is 27.1. The van der Waals surface area contributed by atoms with Crippen LogP contribution in [0.5, 0.6) is 0 Å². The summed E-state index contributed by atoms with van der Waals surface area (Å²) in [5.74, 6) is 0.539. The Morgan fingerprint density at radius 1 is 1.21 bits per heavy atom.